The number of hydrogen-bond donors (Lipinski definition) is 1. The van der Waals surface area contributed by atoms with Crippen molar-refractivity contribution in [3.05, 3.63) is 106 Å². The van der Waals surface area contributed by atoms with Crippen LogP contribution in [-0.2, 0) is 30.3 Å². The minimum Gasteiger partial charge on any atom is -0.492 e. The summed E-state index contributed by atoms with van der Waals surface area (Å²) in [7, 11) is 1.31. The number of esters is 1. The quantitative estimate of drug-likeness (QED) is 0.204. The molecule has 1 aliphatic rings. The molecule has 0 aliphatic carbocycles. The minimum absolute atomic E-state index is 0.0238. The third-order valence-electron chi connectivity index (χ3n) is 5.05. The molecule has 0 fully saturated rings. The SMILES string of the molecule is C=C(C)C(OC)=C(OC(F)F)C(OCc1ccc(C(N)=O)cc1)=C(C)C1=CCCOC(=O)C(=C)C=C1. The van der Waals surface area contributed by atoms with Gasteiger partial charge in [0.15, 0.2) is 11.5 Å². The van der Waals surface area contributed by atoms with Crippen molar-refractivity contribution >= 4 is 11.9 Å². The third kappa shape index (κ3) is 7.69. The summed E-state index contributed by atoms with van der Waals surface area (Å²) in [5, 5.41) is 0. The van der Waals surface area contributed by atoms with E-state index in [4.69, 9.17) is 24.7 Å². The molecule has 0 saturated heterocycles. The molecular formula is C27H29F2NO6. The van der Waals surface area contributed by atoms with Crippen molar-refractivity contribution in [1.82, 2.24) is 0 Å². The number of hydrogen-bond acceptors (Lipinski definition) is 6. The molecule has 9 heteroatoms. The summed E-state index contributed by atoms with van der Waals surface area (Å²) in [4.78, 5) is 23.2. The zero-order valence-corrected chi connectivity index (χ0v) is 20.4. The van der Waals surface area contributed by atoms with Gasteiger partial charge in [-0.3, -0.25) is 4.79 Å². The molecule has 0 spiro atoms. The molecule has 2 N–H and O–H groups in total. The first-order valence-corrected chi connectivity index (χ1v) is 10.9. The van der Waals surface area contributed by atoms with Crippen LogP contribution in [0.3, 0.4) is 0 Å². The Morgan fingerprint density at radius 3 is 2.36 bits per heavy atom. The number of halogens is 2. The van der Waals surface area contributed by atoms with E-state index in [1.54, 1.807) is 38.1 Å². The lowest BCUT2D eigenvalue weighted by molar-refractivity contribution is -0.138. The zero-order valence-electron chi connectivity index (χ0n) is 20.4. The summed E-state index contributed by atoms with van der Waals surface area (Å²) in [6.07, 6.45) is 5.22. The van der Waals surface area contributed by atoms with Crippen molar-refractivity contribution in [3.63, 3.8) is 0 Å². The van der Waals surface area contributed by atoms with E-state index in [1.165, 1.54) is 25.3 Å². The van der Waals surface area contributed by atoms with Gasteiger partial charge in [0.05, 0.1) is 19.3 Å². The predicted molar refractivity (Wildman–Crippen MR) is 130 cm³/mol. The Morgan fingerprint density at radius 1 is 1.14 bits per heavy atom. The summed E-state index contributed by atoms with van der Waals surface area (Å²) in [6.45, 7) is 7.58. The Bertz CT molecular complexity index is 1140. The van der Waals surface area contributed by atoms with Gasteiger partial charge in [-0.05, 0) is 48.8 Å². The Morgan fingerprint density at radius 2 is 1.81 bits per heavy atom. The van der Waals surface area contributed by atoms with E-state index in [-0.39, 0.29) is 36.1 Å². The highest BCUT2D eigenvalue weighted by Gasteiger charge is 2.24. The number of carbonyl (C=O) groups is 2. The van der Waals surface area contributed by atoms with Crippen LogP contribution in [0, 0.1) is 0 Å². The van der Waals surface area contributed by atoms with Crippen molar-refractivity contribution in [3.8, 4) is 0 Å². The van der Waals surface area contributed by atoms with E-state index in [2.05, 4.69) is 13.2 Å². The lowest BCUT2D eigenvalue weighted by atomic mass is 10.0. The van der Waals surface area contributed by atoms with E-state index in [9.17, 15) is 18.4 Å². The van der Waals surface area contributed by atoms with Gasteiger partial charge < -0.3 is 24.7 Å². The molecule has 7 nitrogen and oxygen atoms in total. The van der Waals surface area contributed by atoms with Gasteiger partial charge in [-0.15, -0.1) is 0 Å². The van der Waals surface area contributed by atoms with Crippen LogP contribution in [0.1, 0.15) is 36.2 Å². The first-order chi connectivity index (χ1) is 17.0. The van der Waals surface area contributed by atoms with Crippen LogP contribution in [0.25, 0.3) is 0 Å². The van der Waals surface area contributed by atoms with Crippen LogP contribution >= 0.6 is 0 Å². The van der Waals surface area contributed by atoms with Gasteiger partial charge >= 0.3 is 12.6 Å². The summed E-state index contributed by atoms with van der Waals surface area (Å²) >= 11 is 0. The zero-order chi connectivity index (χ0) is 26.8. The summed E-state index contributed by atoms with van der Waals surface area (Å²) in [5.74, 6) is -1.52. The van der Waals surface area contributed by atoms with Crippen molar-refractivity contribution in [2.24, 2.45) is 5.73 Å². The highest BCUT2D eigenvalue weighted by Crippen LogP contribution is 2.31. The average Bonchev–Trinajstić information content (AvgIpc) is 2.90. The lowest BCUT2D eigenvalue weighted by Crippen LogP contribution is -2.12. The van der Waals surface area contributed by atoms with Crippen LogP contribution in [0.5, 0.6) is 0 Å². The first kappa shape index (κ1) is 28.1. The van der Waals surface area contributed by atoms with Gasteiger partial charge in [0.25, 0.3) is 0 Å². The number of nitrogens with two attached hydrogens (primary N) is 1. The van der Waals surface area contributed by atoms with Crippen molar-refractivity contribution in [1.29, 1.82) is 0 Å². The van der Waals surface area contributed by atoms with Crippen molar-refractivity contribution in [2.45, 2.75) is 33.5 Å². The topological polar surface area (TPSA) is 97.1 Å². The van der Waals surface area contributed by atoms with E-state index in [0.29, 0.717) is 34.3 Å². The summed E-state index contributed by atoms with van der Waals surface area (Å²) in [5.41, 5.74) is 7.70. The molecule has 1 aliphatic heterocycles. The number of alkyl halides is 2. The lowest BCUT2D eigenvalue weighted by Gasteiger charge is -2.21. The Balaban J connectivity index is 2.63. The predicted octanol–water partition coefficient (Wildman–Crippen LogP) is 5.24. The number of amides is 1. The average molecular weight is 502 g/mol. The Labute approximate surface area is 208 Å². The fraction of sp³-hybridized carbons (Fsp3) is 0.259. The van der Waals surface area contributed by atoms with Crippen LogP contribution < -0.4 is 5.73 Å². The summed E-state index contributed by atoms with van der Waals surface area (Å²) < 4.78 is 48.3. The molecule has 1 amide bonds. The maximum Gasteiger partial charge on any atom is 0.387 e. The maximum atomic E-state index is 13.5. The molecule has 0 atom stereocenters. The molecule has 1 aromatic carbocycles. The fourth-order valence-electron chi connectivity index (χ4n) is 3.22. The van der Waals surface area contributed by atoms with Gasteiger partial charge in [-0.2, -0.15) is 8.78 Å². The second-order valence-corrected chi connectivity index (χ2v) is 7.77. The largest absolute Gasteiger partial charge is 0.492 e. The van der Waals surface area contributed by atoms with Crippen molar-refractivity contribution in [2.75, 3.05) is 13.7 Å². The van der Waals surface area contributed by atoms with Gasteiger partial charge in [0.1, 0.15) is 6.61 Å². The molecule has 2 rings (SSSR count). The minimum atomic E-state index is -3.18. The molecule has 0 saturated carbocycles. The number of allylic oxidation sites excluding steroid dienone is 4. The second-order valence-electron chi connectivity index (χ2n) is 7.77. The molecule has 1 aromatic rings. The van der Waals surface area contributed by atoms with E-state index in [0.717, 1.165) is 0 Å². The smallest absolute Gasteiger partial charge is 0.387 e. The standard InChI is InChI=1S/C27H29F2NO6/c1-16(2)22(33-5)24(36-27(28)29)23(35-15-19-9-12-21(13-10-19)25(30)31)18(4)20-7-6-14-34-26(32)17(3)8-11-20/h7-13,27H,1,3,6,14-15H2,2,4-5H3,(H2,30,31). The fourth-order valence-corrected chi connectivity index (χ4v) is 3.22. The third-order valence-corrected chi connectivity index (χ3v) is 5.05. The highest BCUT2D eigenvalue weighted by atomic mass is 19.3. The normalized spacial score (nSPS) is 15.4. The van der Waals surface area contributed by atoms with Crippen LogP contribution in [0.2, 0.25) is 0 Å². The van der Waals surface area contributed by atoms with Crippen molar-refractivity contribution < 1.29 is 37.3 Å². The van der Waals surface area contributed by atoms with Crippen LogP contribution in [0.15, 0.2) is 95.2 Å². The van der Waals surface area contributed by atoms with E-state index in [1.807, 2.05) is 0 Å². The number of ether oxygens (including phenoxy) is 4. The van der Waals surface area contributed by atoms with E-state index < -0.39 is 18.5 Å². The van der Waals surface area contributed by atoms with Gasteiger partial charge in [0.2, 0.25) is 11.7 Å². The molecule has 0 aromatic heterocycles. The van der Waals surface area contributed by atoms with Gasteiger partial charge in [-0.1, -0.05) is 37.4 Å². The molecular weight excluding hydrogens is 472 g/mol. The van der Waals surface area contributed by atoms with Crippen LogP contribution in [-0.4, -0.2) is 32.2 Å². The molecule has 36 heavy (non-hydrogen) atoms. The number of cyclic esters (lactones) is 1. The molecule has 0 radical (unpaired) electrons. The first-order valence-electron chi connectivity index (χ1n) is 10.9. The second kappa shape index (κ2) is 13.1. The summed E-state index contributed by atoms with van der Waals surface area (Å²) in [6, 6.07) is 6.33. The van der Waals surface area contributed by atoms with Crippen LogP contribution in [0.4, 0.5) is 8.78 Å². The number of primary amides is 1. The Hall–Kier alpha value is -4.14. The number of carbonyl (C=O) groups excluding carboxylic acids is 2. The molecule has 1 heterocycles. The molecule has 0 bridgehead atoms. The Kier molecular flexibility index (Phi) is 10.2. The molecule has 0 unspecified atom stereocenters. The van der Waals surface area contributed by atoms with Gasteiger partial charge in [-0.25, -0.2) is 4.79 Å². The van der Waals surface area contributed by atoms with Gasteiger partial charge in [0, 0.05) is 17.6 Å². The number of benzene rings is 1. The highest BCUT2D eigenvalue weighted by molar-refractivity contribution is 5.92. The maximum absolute atomic E-state index is 13.5. The number of methoxy groups -OCH3 is 1. The van der Waals surface area contributed by atoms with E-state index >= 15 is 0 Å². The number of rotatable bonds is 10. The monoisotopic (exact) mass is 501 g/mol. The molecule has 192 valence electrons.